The normalized spacial score (nSPS) is 14.4. The molecule has 3 aromatic carbocycles. The summed E-state index contributed by atoms with van der Waals surface area (Å²) in [6.45, 7) is 5.33. The number of piperidine rings is 1. The maximum atomic E-state index is 12.8. The Balaban J connectivity index is 1.25. The summed E-state index contributed by atoms with van der Waals surface area (Å²) >= 11 is 0. The molecule has 0 saturated carbocycles. The highest BCUT2D eigenvalue weighted by Crippen LogP contribution is 2.28. The van der Waals surface area contributed by atoms with Gasteiger partial charge in [-0.1, -0.05) is 66.7 Å². The molecule has 0 unspecified atom stereocenters. The van der Waals surface area contributed by atoms with Crippen LogP contribution in [0.3, 0.4) is 0 Å². The Morgan fingerprint density at radius 1 is 0.941 bits per heavy atom. The first-order valence-corrected chi connectivity index (χ1v) is 12.3. The predicted octanol–water partition coefficient (Wildman–Crippen LogP) is 4.97. The molecule has 1 amide bonds. The zero-order valence-corrected chi connectivity index (χ0v) is 19.8. The van der Waals surface area contributed by atoms with E-state index in [1.807, 2.05) is 24.3 Å². The Labute approximate surface area is 201 Å². The molecule has 174 valence electrons. The molecule has 34 heavy (non-hydrogen) atoms. The number of para-hydroxylation sites is 2. The summed E-state index contributed by atoms with van der Waals surface area (Å²) in [5.74, 6) is 1.26. The molecule has 1 aliphatic rings. The van der Waals surface area contributed by atoms with Crippen LogP contribution in [0.15, 0.2) is 78.9 Å². The van der Waals surface area contributed by atoms with Gasteiger partial charge in [-0.2, -0.15) is 0 Å². The van der Waals surface area contributed by atoms with Crippen LogP contribution >= 0.6 is 0 Å². The molecule has 0 atom stereocenters. The Kier molecular flexibility index (Phi) is 6.61. The molecule has 1 saturated heterocycles. The van der Waals surface area contributed by atoms with Gasteiger partial charge in [-0.15, -0.1) is 0 Å². The van der Waals surface area contributed by atoms with E-state index in [0.29, 0.717) is 6.54 Å². The molecule has 1 aliphatic heterocycles. The average molecular weight is 453 g/mol. The number of hydrogen-bond acceptors (Lipinski definition) is 3. The van der Waals surface area contributed by atoms with Gasteiger partial charge in [0.15, 0.2) is 0 Å². The molecular formula is C29H32N4O. The fourth-order valence-electron chi connectivity index (χ4n) is 4.88. The van der Waals surface area contributed by atoms with Crippen LogP contribution in [0.4, 0.5) is 5.95 Å². The number of nitrogens with one attached hydrogen (secondary N) is 1. The van der Waals surface area contributed by atoms with Crippen molar-refractivity contribution in [1.29, 1.82) is 0 Å². The van der Waals surface area contributed by atoms with Crippen LogP contribution in [-0.2, 0) is 17.8 Å². The Morgan fingerprint density at radius 2 is 1.65 bits per heavy atom. The second-order valence-corrected chi connectivity index (χ2v) is 9.20. The summed E-state index contributed by atoms with van der Waals surface area (Å²) in [6, 6.07) is 27.2. The molecule has 1 fully saturated rings. The van der Waals surface area contributed by atoms with Crippen molar-refractivity contribution in [3.63, 3.8) is 0 Å². The zero-order valence-electron chi connectivity index (χ0n) is 19.8. The van der Waals surface area contributed by atoms with E-state index in [1.54, 1.807) is 0 Å². The number of aryl methyl sites for hydroxylation is 1. The topological polar surface area (TPSA) is 50.2 Å². The summed E-state index contributed by atoms with van der Waals surface area (Å²) in [7, 11) is 0. The zero-order chi connectivity index (χ0) is 23.3. The fraction of sp³-hybridized carbons (Fsp3) is 0.310. The van der Waals surface area contributed by atoms with Crippen LogP contribution in [0.1, 0.15) is 29.5 Å². The van der Waals surface area contributed by atoms with E-state index in [0.717, 1.165) is 55.9 Å². The van der Waals surface area contributed by atoms with Crippen molar-refractivity contribution < 1.29 is 4.79 Å². The number of hydrogen-bond donors (Lipinski definition) is 1. The van der Waals surface area contributed by atoms with Crippen LogP contribution in [0.5, 0.6) is 0 Å². The summed E-state index contributed by atoms with van der Waals surface area (Å²) in [4.78, 5) is 20.1. The molecule has 2 heterocycles. The standard InChI is InChI=1S/C29H32N4O/c1-22-9-5-6-12-25(22)21-33-27-14-8-7-13-26(27)31-29(33)32-19-16-24(17-20-32)28(34)30-18-15-23-10-3-2-4-11-23/h2-14,24H,15-21H2,1H3,(H,30,34). The molecule has 0 spiro atoms. The van der Waals surface area contributed by atoms with Gasteiger partial charge in [-0.05, 0) is 55.0 Å². The maximum Gasteiger partial charge on any atom is 0.223 e. The van der Waals surface area contributed by atoms with Crippen LogP contribution in [0.25, 0.3) is 11.0 Å². The largest absolute Gasteiger partial charge is 0.356 e. The monoisotopic (exact) mass is 452 g/mol. The average Bonchev–Trinajstić information content (AvgIpc) is 3.24. The molecule has 4 aromatic rings. The van der Waals surface area contributed by atoms with E-state index < -0.39 is 0 Å². The predicted molar refractivity (Wildman–Crippen MR) is 138 cm³/mol. The van der Waals surface area contributed by atoms with Crippen LogP contribution < -0.4 is 10.2 Å². The van der Waals surface area contributed by atoms with E-state index in [4.69, 9.17) is 4.98 Å². The van der Waals surface area contributed by atoms with Gasteiger partial charge in [-0.3, -0.25) is 4.79 Å². The van der Waals surface area contributed by atoms with Gasteiger partial charge in [0.25, 0.3) is 0 Å². The molecule has 5 heteroatoms. The van der Waals surface area contributed by atoms with Gasteiger partial charge in [0, 0.05) is 25.6 Å². The number of benzene rings is 3. The highest BCUT2D eigenvalue weighted by Gasteiger charge is 2.27. The van der Waals surface area contributed by atoms with E-state index in [-0.39, 0.29) is 11.8 Å². The van der Waals surface area contributed by atoms with Gasteiger partial charge in [0.05, 0.1) is 17.6 Å². The van der Waals surface area contributed by atoms with Crippen molar-refractivity contribution in [2.45, 2.75) is 32.7 Å². The minimum atomic E-state index is 0.0706. The van der Waals surface area contributed by atoms with Crippen molar-refractivity contribution >= 4 is 22.9 Å². The first-order chi connectivity index (χ1) is 16.7. The van der Waals surface area contributed by atoms with E-state index in [2.05, 4.69) is 76.3 Å². The number of rotatable bonds is 7. The lowest BCUT2D eigenvalue weighted by Crippen LogP contribution is -2.42. The van der Waals surface area contributed by atoms with Gasteiger partial charge in [0.1, 0.15) is 0 Å². The lowest BCUT2D eigenvalue weighted by atomic mass is 9.96. The Morgan fingerprint density at radius 3 is 2.44 bits per heavy atom. The number of carbonyl (C=O) groups excluding carboxylic acids is 1. The lowest BCUT2D eigenvalue weighted by Gasteiger charge is -2.32. The summed E-state index contributed by atoms with van der Waals surface area (Å²) in [5.41, 5.74) is 6.02. The molecule has 5 nitrogen and oxygen atoms in total. The quantitative estimate of drug-likeness (QED) is 0.431. The molecule has 5 rings (SSSR count). The third-order valence-corrected chi connectivity index (χ3v) is 6.93. The molecular weight excluding hydrogens is 420 g/mol. The number of anilines is 1. The highest BCUT2D eigenvalue weighted by molar-refractivity contribution is 5.80. The number of fused-ring (bicyclic) bond motifs is 1. The second kappa shape index (κ2) is 10.1. The SMILES string of the molecule is Cc1ccccc1Cn1c(N2CCC(C(=O)NCCc3ccccc3)CC2)nc2ccccc21. The van der Waals surface area contributed by atoms with Crippen LogP contribution in [0, 0.1) is 12.8 Å². The second-order valence-electron chi connectivity index (χ2n) is 9.20. The first kappa shape index (κ1) is 22.2. The van der Waals surface area contributed by atoms with E-state index in [9.17, 15) is 4.79 Å². The number of carbonyl (C=O) groups is 1. The van der Waals surface area contributed by atoms with Crippen molar-refractivity contribution in [3.05, 3.63) is 95.6 Å². The molecule has 0 aliphatic carbocycles. The third-order valence-electron chi connectivity index (χ3n) is 6.93. The van der Waals surface area contributed by atoms with E-state index >= 15 is 0 Å². The number of aromatic nitrogens is 2. The summed E-state index contributed by atoms with van der Waals surface area (Å²) < 4.78 is 2.33. The van der Waals surface area contributed by atoms with Crippen LogP contribution in [0.2, 0.25) is 0 Å². The molecule has 0 radical (unpaired) electrons. The van der Waals surface area contributed by atoms with Crippen molar-refractivity contribution in [1.82, 2.24) is 14.9 Å². The maximum absolute atomic E-state index is 12.8. The van der Waals surface area contributed by atoms with Gasteiger partial charge < -0.3 is 14.8 Å². The molecule has 1 aromatic heterocycles. The van der Waals surface area contributed by atoms with Gasteiger partial charge in [0.2, 0.25) is 11.9 Å². The Hall–Kier alpha value is -3.60. The highest BCUT2D eigenvalue weighted by atomic mass is 16.1. The summed E-state index contributed by atoms with van der Waals surface area (Å²) in [5, 5.41) is 3.15. The van der Waals surface area contributed by atoms with Crippen molar-refractivity contribution in [3.8, 4) is 0 Å². The Bertz CT molecular complexity index is 1260. The smallest absolute Gasteiger partial charge is 0.223 e. The number of imidazole rings is 1. The number of nitrogens with zero attached hydrogens (tertiary/aromatic N) is 3. The number of amides is 1. The minimum absolute atomic E-state index is 0.0706. The third kappa shape index (κ3) is 4.84. The van der Waals surface area contributed by atoms with E-state index in [1.165, 1.54) is 16.7 Å². The summed E-state index contributed by atoms with van der Waals surface area (Å²) in [6.07, 6.45) is 2.57. The minimum Gasteiger partial charge on any atom is -0.356 e. The van der Waals surface area contributed by atoms with Crippen molar-refractivity contribution in [2.75, 3.05) is 24.5 Å². The van der Waals surface area contributed by atoms with Crippen LogP contribution in [-0.4, -0.2) is 35.1 Å². The first-order valence-electron chi connectivity index (χ1n) is 12.3. The van der Waals surface area contributed by atoms with Gasteiger partial charge >= 0.3 is 0 Å². The molecule has 1 N–H and O–H groups in total. The van der Waals surface area contributed by atoms with Gasteiger partial charge in [-0.25, -0.2) is 4.98 Å². The fourth-order valence-corrected chi connectivity index (χ4v) is 4.88. The van der Waals surface area contributed by atoms with Crippen molar-refractivity contribution in [2.24, 2.45) is 5.92 Å². The lowest BCUT2D eigenvalue weighted by molar-refractivity contribution is -0.125. The molecule has 0 bridgehead atoms.